The monoisotopic (exact) mass is 473 g/mol. The van der Waals surface area contributed by atoms with E-state index in [1.54, 1.807) is 0 Å². The lowest BCUT2D eigenvalue weighted by Gasteiger charge is -2.46. The zero-order chi connectivity index (χ0) is 21.1. The number of fused-ring (bicyclic) bond motifs is 2. The maximum Gasteiger partial charge on any atom is 0.410 e. The molecule has 2 aliphatic heterocycles. The van der Waals surface area contributed by atoms with E-state index in [1.165, 1.54) is 0 Å². The summed E-state index contributed by atoms with van der Waals surface area (Å²) in [5.74, 6) is -0.999. The molecule has 0 radical (unpaired) electrons. The van der Waals surface area contributed by atoms with Crippen molar-refractivity contribution in [3.63, 3.8) is 0 Å². The van der Waals surface area contributed by atoms with E-state index in [0.717, 1.165) is 28.4 Å². The highest BCUT2D eigenvalue weighted by atomic mass is 79.9. The number of rotatable bonds is 6. The summed E-state index contributed by atoms with van der Waals surface area (Å²) in [7, 11) is 0. The molecule has 0 aromatic heterocycles. The molecule has 2 fully saturated rings. The molecular formula is C23H24BrNO5. The predicted octanol–water partition coefficient (Wildman–Crippen LogP) is 4.71. The number of carboxylic acids is 1. The van der Waals surface area contributed by atoms with Gasteiger partial charge in [0.2, 0.25) is 0 Å². The average molecular weight is 474 g/mol. The molecule has 0 saturated carbocycles. The summed E-state index contributed by atoms with van der Waals surface area (Å²) in [6, 6.07) is 17.3. The van der Waals surface area contributed by atoms with Gasteiger partial charge >= 0.3 is 12.1 Å². The lowest BCUT2D eigenvalue weighted by Crippen LogP contribution is -2.53. The Hall–Kier alpha value is -2.38. The minimum atomic E-state index is -0.999. The third-order valence-corrected chi connectivity index (χ3v) is 6.48. The largest absolute Gasteiger partial charge is 0.480 e. The van der Waals surface area contributed by atoms with Crippen LogP contribution in [0.5, 0.6) is 0 Å². The highest BCUT2D eigenvalue weighted by molar-refractivity contribution is 9.10. The zero-order valence-corrected chi connectivity index (χ0v) is 18.1. The van der Waals surface area contributed by atoms with Gasteiger partial charge in [0.25, 0.3) is 0 Å². The standard InChI is InChI=1S/C23H24BrNO5/c24-18-8-4-7-17(11-18)23(30-15-21(26)27)12-19-9-10-20(13-23)25(19)22(28)29-14-16-5-2-1-3-6-16/h1-8,11,19-20H,9-10,12-15H2,(H,26,27). The number of carboxylic acid groups (broad SMARTS) is 1. The van der Waals surface area contributed by atoms with E-state index in [1.807, 2.05) is 59.5 Å². The Bertz CT molecular complexity index is 905. The number of hydrogen-bond donors (Lipinski definition) is 1. The number of aliphatic carboxylic acids is 1. The smallest absolute Gasteiger partial charge is 0.410 e. The average Bonchev–Trinajstić information content (AvgIpc) is 3.02. The molecule has 30 heavy (non-hydrogen) atoms. The van der Waals surface area contributed by atoms with Gasteiger partial charge in [-0.05, 0) is 36.1 Å². The van der Waals surface area contributed by atoms with E-state index < -0.39 is 11.6 Å². The summed E-state index contributed by atoms with van der Waals surface area (Å²) in [6.07, 6.45) is 2.50. The van der Waals surface area contributed by atoms with Crippen LogP contribution in [0.25, 0.3) is 0 Å². The lowest BCUT2D eigenvalue weighted by molar-refractivity contribution is -0.157. The van der Waals surface area contributed by atoms with Crippen LogP contribution in [0.15, 0.2) is 59.1 Å². The molecule has 6 nitrogen and oxygen atoms in total. The van der Waals surface area contributed by atoms with Crippen LogP contribution in [0.4, 0.5) is 4.79 Å². The van der Waals surface area contributed by atoms with Crippen molar-refractivity contribution in [2.24, 2.45) is 0 Å². The maximum absolute atomic E-state index is 12.9. The van der Waals surface area contributed by atoms with Crippen molar-refractivity contribution < 1.29 is 24.2 Å². The van der Waals surface area contributed by atoms with Gasteiger partial charge in [0.05, 0.1) is 5.60 Å². The third kappa shape index (κ3) is 4.37. The van der Waals surface area contributed by atoms with Crippen LogP contribution in [0, 0.1) is 0 Å². The van der Waals surface area contributed by atoms with Gasteiger partial charge in [0, 0.05) is 29.4 Å². The number of benzene rings is 2. The number of amides is 1. The molecular weight excluding hydrogens is 450 g/mol. The van der Waals surface area contributed by atoms with Crippen molar-refractivity contribution in [3.05, 3.63) is 70.2 Å². The number of ether oxygens (including phenoxy) is 2. The molecule has 158 valence electrons. The van der Waals surface area contributed by atoms with E-state index >= 15 is 0 Å². The predicted molar refractivity (Wildman–Crippen MR) is 114 cm³/mol. The van der Waals surface area contributed by atoms with Crippen molar-refractivity contribution >= 4 is 28.0 Å². The van der Waals surface area contributed by atoms with Crippen LogP contribution < -0.4 is 0 Å². The highest BCUT2D eigenvalue weighted by Gasteiger charge is 2.52. The van der Waals surface area contributed by atoms with Gasteiger partial charge in [-0.1, -0.05) is 58.4 Å². The second-order valence-electron chi connectivity index (χ2n) is 7.93. The van der Waals surface area contributed by atoms with Crippen LogP contribution in [0.1, 0.15) is 36.8 Å². The molecule has 2 unspecified atom stereocenters. The van der Waals surface area contributed by atoms with E-state index in [9.17, 15) is 14.7 Å². The first kappa shape index (κ1) is 20.9. The van der Waals surface area contributed by atoms with Crippen molar-refractivity contribution in [3.8, 4) is 0 Å². The van der Waals surface area contributed by atoms with E-state index in [0.29, 0.717) is 12.8 Å². The Balaban J connectivity index is 1.52. The number of nitrogens with zero attached hydrogens (tertiary/aromatic N) is 1. The first-order valence-electron chi connectivity index (χ1n) is 10.1. The first-order chi connectivity index (χ1) is 14.5. The summed E-state index contributed by atoms with van der Waals surface area (Å²) in [6.45, 7) is -0.133. The quantitative estimate of drug-likeness (QED) is 0.657. The second kappa shape index (κ2) is 8.78. The third-order valence-electron chi connectivity index (χ3n) is 5.99. The fourth-order valence-corrected chi connectivity index (χ4v) is 5.11. The molecule has 2 atom stereocenters. The van der Waals surface area contributed by atoms with E-state index in [4.69, 9.17) is 9.47 Å². The summed E-state index contributed by atoms with van der Waals surface area (Å²) < 4.78 is 12.5. The van der Waals surface area contributed by atoms with Gasteiger partial charge in [-0.2, -0.15) is 0 Å². The number of carbonyl (C=O) groups is 2. The molecule has 2 aromatic rings. The molecule has 7 heteroatoms. The van der Waals surface area contributed by atoms with Gasteiger partial charge in [0.1, 0.15) is 13.2 Å². The maximum atomic E-state index is 12.9. The summed E-state index contributed by atoms with van der Waals surface area (Å²) >= 11 is 3.50. The Morgan fingerprint density at radius 1 is 1.07 bits per heavy atom. The molecule has 2 heterocycles. The fraction of sp³-hybridized carbons (Fsp3) is 0.391. The molecule has 1 amide bonds. The van der Waals surface area contributed by atoms with Crippen molar-refractivity contribution in [2.45, 2.75) is 50.0 Å². The van der Waals surface area contributed by atoms with Crippen LogP contribution in [-0.4, -0.2) is 40.8 Å². The second-order valence-corrected chi connectivity index (χ2v) is 8.84. The molecule has 2 bridgehead atoms. The van der Waals surface area contributed by atoms with Gasteiger partial charge < -0.3 is 19.5 Å². The Kier molecular flexibility index (Phi) is 6.11. The van der Waals surface area contributed by atoms with Crippen LogP contribution in [-0.2, 0) is 26.5 Å². The number of carbonyl (C=O) groups excluding carboxylic acids is 1. The minimum absolute atomic E-state index is 0.0419. The summed E-state index contributed by atoms with van der Waals surface area (Å²) in [4.78, 5) is 25.9. The Labute approximate surface area is 183 Å². The van der Waals surface area contributed by atoms with Gasteiger partial charge in [-0.25, -0.2) is 9.59 Å². The summed E-state index contributed by atoms with van der Waals surface area (Å²) in [5, 5.41) is 9.21. The zero-order valence-electron chi connectivity index (χ0n) is 16.5. The minimum Gasteiger partial charge on any atom is -0.480 e. The Morgan fingerprint density at radius 3 is 2.40 bits per heavy atom. The van der Waals surface area contributed by atoms with Crippen LogP contribution >= 0.6 is 15.9 Å². The Morgan fingerprint density at radius 2 is 1.77 bits per heavy atom. The molecule has 2 saturated heterocycles. The molecule has 4 rings (SSSR count). The van der Waals surface area contributed by atoms with Gasteiger partial charge in [-0.15, -0.1) is 0 Å². The number of piperidine rings is 1. The summed E-state index contributed by atoms with van der Waals surface area (Å²) in [5.41, 5.74) is 1.15. The SMILES string of the molecule is O=C(O)COC1(c2cccc(Br)c2)CC2CCC(C1)N2C(=O)OCc1ccccc1. The van der Waals surface area contributed by atoms with E-state index in [-0.39, 0.29) is 31.4 Å². The van der Waals surface area contributed by atoms with Crippen molar-refractivity contribution in [1.82, 2.24) is 4.90 Å². The molecule has 2 aliphatic rings. The van der Waals surface area contributed by atoms with E-state index in [2.05, 4.69) is 15.9 Å². The number of halogens is 1. The number of hydrogen-bond acceptors (Lipinski definition) is 4. The van der Waals surface area contributed by atoms with Gasteiger partial charge in [0.15, 0.2) is 0 Å². The first-order valence-corrected chi connectivity index (χ1v) is 10.9. The topological polar surface area (TPSA) is 76.1 Å². The fourth-order valence-electron chi connectivity index (χ4n) is 4.71. The highest BCUT2D eigenvalue weighted by Crippen LogP contribution is 2.48. The molecule has 0 spiro atoms. The molecule has 2 aromatic carbocycles. The van der Waals surface area contributed by atoms with Gasteiger partial charge in [-0.3, -0.25) is 0 Å². The van der Waals surface area contributed by atoms with Crippen LogP contribution in [0.2, 0.25) is 0 Å². The molecule has 0 aliphatic carbocycles. The van der Waals surface area contributed by atoms with Crippen molar-refractivity contribution in [1.29, 1.82) is 0 Å². The van der Waals surface area contributed by atoms with Crippen LogP contribution in [0.3, 0.4) is 0 Å². The van der Waals surface area contributed by atoms with Crippen molar-refractivity contribution in [2.75, 3.05) is 6.61 Å². The lowest BCUT2D eigenvalue weighted by atomic mass is 9.80. The normalized spacial score (nSPS) is 25.2. The molecule has 1 N–H and O–H groups in total.